The number of hydrogen-bond acceptors (Lipinski definition) is 3. The number of carboxylic acids is 1. The van der Waals surface area contributed by atoms with E-state index in [4.69, 9.17) is 5.11 Å². The smallest absolute Gasteiger partial charge is 0.305 e. The van der Waals surface area contributed by atoms with Crippen molar-refractivity contribution in [2.75, 3.05) is 6.54 Å². The molecule has 2 rings (SSSR count). The van der Waals surface area contributed by atoms with Gasteiger partial charge in [-0.15, -0.1) is 0 Å². The Bertz CT molecular complexity index is 438. The van der Waals surface area contributed by atoms with Crippen LogP contribution in [0.1, 0.15) is 70.6 Å². The molecular formula is C17H28N2O4. The van der Waals surface area contributed by atoms with Gasteiger partial charge in [-0.25, -0.2) is 0 Å². The van der Waals surface area contributed by atoms with E-state index in [0.717, 1.165) is 25.7 Å². The van der Waals surface area contributed by atoms with E-state index in [9.17, 15) is 14.4 Å². The van der Waals surface area contributed by atoms with Crippen molar-refractivity contribution in [1.82, 2.24) is 10.6 Å². The summed E-state index contributed by atoms with van der Waals surface area (Å²) in [5, 5.41) is 14.6. The van der Waals surface area contributed by atoms with Crippen LogP contribution in [0.15, 0.2) is 0 Å². The van der Waals surface area contributed by atoms with Crippen molar-refractivity contribution in [2.45, 2.75) is 76.2 Å². The molecule has 0 radical (unpaired) electrons. The van der Waals surface area contributed by atoms with Crippen molar-refractivity contribution < 1.29 is 19.5 Å². The molecule has 0 aromatic heterocycles. The van der Waals surface area contributed by atoms with Gasteiger partial charge in [0.05, 0.1) is 18.5 Å². The van der Waals surface area contributed by atoms with Crippen LogP contribution in [0.3, 0.4) is 0 Å². The second-order valence-corrected chi connectivity index (χ2v) is 7.09. The predicted molar refractivity (Wildman–Crippen MR) is 85.8 cm³/mol. The highest BCUT2D eigenvalue weighted by molar-refractivity contribution is 5.85. The summed E-state index contributed by atoms with van der Waals surface area (Å²) < 4.78 is 0. The molecule has 2 fully saturated rings. The summed E-state index contributed by atoms with van der Waals surface area (Å²) in [6.45, 7) is -0.0626. The minimum atomic E-state index is -0.895. The molecule has 23 heavy (non-hydrogen) atoms. The standard InChI is InChI=1S/C17H28N2O4/c20-14(10-13-6-2-1-3-7-13)18-12-15(21)19-17(11-16(22)23)8-4-5-9-17/h13H,1-12H2,(H,18,20)(H,19,21)(H,22,23). The molecule has 3 N–H and O–H groups in total. The number of carbonyl (C=O) groups excluding carboxylic acids is 2. The summed E-state index contributed by atoms with van der Waals surface area (Å²) in [4.78, 5) is 35.0. The molecule has 0 aromatic carbocycles. The summed E-state index contributed by atoms with van der Waals surface area (Å²) in [5.74, 6) is -0.815. The molecule has 0 spiro atoms. The van der Waals surface area contributed by atoms with Crippen LogP contribution in [0, 0.1) is 5.92 Å². The van der Waals surface area contributed by atoms with E-state index in [-0.39, 0.29) is 24.8 Å². The second-order valence-electron chi connectivity index (χ2n) is 7.09. The topological polar surface area (TPSA) is 95.5 Å². The highest BCUT2D eigenvalue weighted by Crippen LogP contribution is 2.32. The average molecular weight is 324 g/mol. The monoisotopic (exact) mass is 324 g/mol. The summed E-state index contributed by atoms with van der Waals surface area (Å²) in [6, 6.07) is 0. The minimum absolute atomic E-state index is 0.0469. The first-order valence-corrected chi connectivity index (χ1v) is 8.79. The fourth-order valence-electron chi connectivity index (χ4n) is 3.93. The van der Waals surface area contributed by atoms with E-state index in [0.29, 0.717) is 25.2 Å². The third-order valence-corrected chi connectivity index (χ3v) is 5.10. The molecule has 0 heterocycles. The van der Waals surface area contributed by atoms with Crippen molar-refractivity contribution in [1.29, 1.82) is 0 Å². The number of hydrogen-bond donors (Lipinski definition) is 3. The third kappa shape index (κ3) is 5.84. The second kappa shape index (κ2) is 8.31. The number of amides is 2. The van der Waals surface area contributed by atoms with Crippen LogP contribution in [0.4, 0.5) is 0 Å². The van der Waals surface area contributed by atoms with Crippen molar-refractivity contribution in [3.63, 3.8) is 0 Å². The van der Waals surface area contributed by atoms with Crippen LogP contribution in [-0.4, -0.2) is 35.0 Å². The fourth-order valence-corrected chi connectivity index (χ4v) is 3.93. The Morgan fingerprint density at radius 2 is 1.61 bits per heavy atom. The summed E-state index contributed by atoms with van der Waals surface area (Å²) in [7, 11) is 0. The van der Waals surface area contributed by atoms with E-state index < -0.39 is 11.5 Å². The van der Waals surface area contributed by atoms with Crippen LogP contribution in [0.25, 0.3) is 0 Å². The van der Waals surface area contributed by atoms with Crippen molar-refractivity contribution >= 4 is 17.8 Å². The molecule has 130 valence electrons. The van der Waals surface area contributed by atoms with Gasteiger partial charge >= 0.3 is 5.97 Å². The lowest BCUT2D eigenvalue weighted by Crippen LogP contribution is -2.51. The van der Waals surface area contributed by atoms with Gasteiger partial charge in [-0.1, -0.05) is 32.1 Å². The van der Waals surface area contributed by atoms with Gasteiger partial charge in [-0.2, -0.15) is 0 Å². The summed E-state index contributed by atoms with van der Waals surface area (Å²) in [5.41, 5.74) is -0.628. The Morgan fingerprint density at radius 1 is 0.957 bits per heavy atom. The van der Waals surface area contributed by atoms with Crippen LogP contribution < -0.4 is 10.6 Å². The molecule has 6 nitrogen and oxygen atoms in total. The molecule has 2 aliphatic rings. The van der Waals surface area contributed by atoms with E-state index in [1.54, 1.807) is 0 Å². The first kappa shape index (κ1) is 17.8. The largest absolute Gasteiger partial charge is 0.481 e. The SMILES string of the molecule is O=C(O)CC1(NC(=O)CNC(=O)CC2CCCCC2)CCCC1. The maximum Gasteiger partial charge on any atom is 0.305 e. The van der Waals surface area contributed by atoms with Gasteiger partial charge in [0.1, 0.15) is 0 Å². The lowest BCUT2D eigenvalue weighted by atomic mass is 9.87. The first-order valence-electron chi connectivity index (χ1n) is 8.79. The molecule has 0 unspecified atom stereocenters. The summed E-state index contributed by atoms with van der Waals surface area (Å²) >= 11 is 0. The van der Waals surface area contributed by atoms with Gasteiger partial charge in [-0.05, 0) is 31.6 Å². The van der Waals surface area contributed by atoms with Crippen LogP contribution in [0.5, 0.6) is 0 Å². The zero-order valence-electron chi connectivity index (χ0n) is 13.7. The first-order chi connectivity index (χ1) is 11.0. The lowest BCUT2D eigenvalue weighted by Gasteiger charge is -2.28. The van der Waals surface area contributed by atoms with Crippen molar-refractivity contribution in [2.24, 2.45) is 5.92 Å². The maximum atomic E-state index is 12.1. The van der Waals surface area contributed by atoms with Gasteiger partial charge in [0.25, 0.3) is 0 Å². The van der Waals surface area contributed by atoms with Gasteiger partial charge < -0.3 is 15.7 Å². The number of carboxylic acid groups (broad SMARTS) is 1. The maximum absolute atomic E-state index is 12.1. The Balaban J connectivity index is 1.72. The number of nitrogens with one attached hydrogen (secondary N) is 2. The van der Waals surface area contributed by atoms with E-state index in [2.05, 4.69) is 10.6 Å². The quantitative estimate of drug-likeness (QED) is 0.667. The highest BCUT2D eigenvalue weighted by Gasteiger charge is 2.37. The van der Waals surface area contributed by atoms with Gasteiger partial charge in [0, 0.05) is 6.42 Å². The molecule has 0 aliphatic heterocycles. The van der Waals surface area contributed by atoms with Gasteiger partial charge in [0.15, 0.2) is 0 Å². The molecule has 0 aromatic rings. The molecule has 2 aliphatic carbocycles. The van der Waals surface area contributed by atoms with Crippen LogP contribution in [-0.2, 0) is 14.4 Å². The zero-order valence-corrected chi connectivity index (χ0v) is 13.7. The molecule has 2 amide bonds. The molecule has 2 saturated carbocycles. The van der Waals surface area contributed by atoms with Crippen molar-refractivity contribution in [3.05, 3.63) is 0 Å². The molecule has 0 atom stereocenters. The van der Waals surface area contributed by atoms with Gasteiger partial charge in [-0.3, -0.25) is 14.4 Å². The van der Waals surface area contributed by atoms with E-state index >= 15 is 0 Å². The fraction of sp³-hybridized carbons (Fsp3) is 0.824. The van der Waals surface area contributed by atoms with Gasteiger partial charge in [0.2, 0.25) is 11.8 Å². The number of aliphatic carboxylic acids is 1. The summed E-state index contributed by atoms with van der Waals surface area (Å²) in [6.07, 6.45) is 9.54. The highest BCUT2D eigenvalue weighted by atomic mass is 16.4. The normalized spacial score (nSPS) is 20.9. The third-order valence-electron chi connectivity index (χ3n) is 5.10. The Hall–Kier alpha value is -1.59. The molecule has 0 saturated heterocycles. The predicted octanol–water partition coefficient (Wildman–Crippen LogP) is 1.98. The molecule has 6 heteroatoms. The average Bonchev–Trinajstić information content (AvgIpc) is 2.93. The van der Waals surface area contributed by atoms with E-state index in [1.165, 1.54) is 19.3 Å². The van der Waals surface area contributed by atoms with E-state index in [1.807, 2.05) is 0 Å². The van der Waals surface area contributed by atoms with Crippen molar-refractivity contribution in [3.8, 4) is 0 Å². The Labute approximate surface area is 137 Å². The molecule has 0 bridgehead atoms. The number of carbonyl (C=O) groups is 3. The zero-order chi connectivity index (χ0) is 16.7. The van der Waals surface area contributed by atoms with Crippen LogP contribution in [0.2, 0.25) is 0 Å². The minimum Gasteiger partial charge on any atom is -0.481 e. The number of rotatable bonds is 7. The molecular weight excluding hydrogens is 296 g/mol. The lowest BCUT2D eigenvalue weighted by molar-refractivity contribution is -0.139. The Morgan fingerprint density at radius 3 is 2.22 bits per heavy atom. The van der Waals surface area contributed by atoms with Crippen LogP contribution >= 0.6 is 0 Å². The Kier molecular flexibility index (Phi) is 6.42.